The van der Waals surface area contributed by atoms with Gasteiger partial charge in [-0.3, -0.25) is 0 Å². The second kappa shape index (κ2) is 3.36. The van der Waals surface area contributed by atoms with Gasteiger partial charge in [0.2, 0.25) is 0 Å². The molecule has 7 unspecified atom stereocenters. The maximum Gasteiger partial charge on any atom is 0.124 e. The molecule has 1 heteroatoms. The first-order chi connectivity index (χ1) is 8.35. The van der Waals surface area contributed by atoms with E-state index >= 15 is 0 Å². The summed E-state index contributed by atoms with van der Waals surface area (Å²) < 4.78 is 0. The number of rotatable bonds is 2. The van der Waals surface area contributed by atoms with E-state index in [1.165, 1.54) is 31.3 Å². The molecule has 4 aliphatic carbocycles. The molecule has 3 saturated carbocycles. The number of fused-ring (bicyclic) bond motifs is 9. The predicted molar refractivity (Wildman–Crippen MR) is 66.9 cm³/mol. The van der Waals surface area contributed by atoms with Crippen molar-refractivity contribution in [3.05, 3.63) is 17.7 Å². The van der Waals surface area contributed by atoms with Crippen LogP contribution in [0, 0.1) is 41.4 Å². The van der Waals surface area contributed by atoms with Crippen molar-refractivity contribution >= 4 is 5.94 Å². The molecule has 90 valence electrons. The standard InChI is InChI=1S/C16H20O/c1-2-3-11-12-7-13(14(11)8-17)16-10-5-4-9(6-10)15(12)16/h4-5,9-13,15-16H,2-3,6-7H2,1H3. The molecule has 0 saturated heterocycles. The summed E-state index contributed by atoms with van der Waals surface area (Å²) in [6.45, 7) is 2.24. The van der Waals surface area contributed by atoms with Crippen molar-refractivity contribution in [2.24, 2.45) is 41.4 Å². The average molecular weight is 228 g/mol. The highest BCUT2D eigenvalue weighted by Crippen LogP contribution is 2.68. The van der Waals surface area contributed by atoms with Crippen LogP contribution in [-0.4, -0.2) is 5.94 Å². The maximum absolute atomic E-state index is 11.3. The molecule has 0 heterocycles. The van der Waals surface area contributed by atoms with Gasteiger partial charge in [-0.1, -0.05) is 25.5 Å². The van der Waals surface area contributed by atoms with E-state index in [2.05, 4.69) is 25.0 Å². The van der Waals surface area contributed by atoms with E-state index in [0.717, 1.165) is 29.6 Å². The Morgan fingerprint density at radius 2 is 2.00 bits per heavy atom. The topological polar surface area (TPSA) is 17.1 Å². The van der Waals surface area contributed by atoms with E-state index in [4.69, 9.17) is 0 Å². The van der Waals surface area contributed by atoms with Gasteiger partial charge in [0.05, 0.1) is 0 Å². The van der Waals surface area contributed by atoms with Crippen LogP contribution in [0.2, 0.25) is 0 Å². The molecule has 4 aliphatic rings. The van der Waals surface area contributed by atoms with Gasteiger partial charge >= 0.3 is 0 Å². The Balaban J connectivity index is 1.73. The minimum atomic E-state index is 0.594. The zero-order valence-corrected chi connectivity index (χ0v) is 10.4. The minimum Gasteiger partial charge on any atom is -0.234 e. The number of hydrogen-bond acceptors (Lipinski definition) is 1. The Hall–Kier alpha value is -0.810. The fourth-order valence-electron chi connectivity index (χ4n) is 5.78. The SMILES string of the molecule is CCCC1C(=C=O)C2CC1C1C3C=CC(C3)C21. The van der Waals surface area contributed by atoms with Gasteiger partial charge in [-0.05, 0) is 60.7 Å². The average Bonchev–Trinajstić information content (AvgIpc) is 3.06. The van der Waals surface area contributed by atoms with Gasteiger partial charge in [0.25, 0.3) is 0 Å². The number of allylic oxidation sites excluding steroid dienone is 3. The number of carbonyl (C=O) groups excluding carboxylic acids is 1. The summed E-state index contributed by atoms with van der Waals surface area (Å²) in [5, 5.41) is 0. The molecule has 0 aromatic carbocycles. The zero-order valence-electron chi connectivity index (χ0n) is 10.4. The van der Waals surface area contributed by atoms with Crippen molar-refractivity contribution in [1.29, 1.82) is 0 Å². The van der Waals surface area contributed by atoms with Crippen LogP contribution in [0.5, 0.6) is 0 Å². The molecule has 1 nitrogen and oxygen atoms in total. The molecule has 0 radical (unpaired) electrons. The summed E-state index contributed by atoms with van der Waals surface area (Å²) in [5.74, 6) is 7.76. The third-order valence-electron chi connectivity index (χ3n) is 6.10. The summed E-state index contributed by atoms with van der Waals surface area (Å²) in [5.41, 5.74) is 1.18. The molecule has 17 heavy (non-hydrogen) atoms. The first-order valence-corrected chi connectivity index (χ1v) is 7.28. The molecular weight excluding hydrogens is 208 g/mol. The van der Waals surface area contributed by atoms with Gasteiger partial charge in [0, 0.05) is 5.57 Å². The molecule has 0 N–H and O–H groups in total. The normalized spacial score (nSPS) is 53.2. The van der Waals surface area contributed by atoms with Gasteiger partial charge in [0.1, 0.15) is 5.94 Å². The van der Waals surface area contributed by atoms with E-state index < -0.39 is 0 Å². The fraction of sp³-hybridized carbons (Fsp3) is 0.750. The van der Waals surface area contributed by atoms with Crippen LogP contribution in [0.1, 0.15) is 32.6 Å². The van der Waals surface area contributed by atoms with E-state index in [-0.39, 0.29) is 0 Å². The fourth-order valence-corrected chi connectivity index (χ4v) is 5.78. The highest BCUT2D eigenvalue weighted by Gasteiger charge is 2.62. The van der Waals surface area contributed by atoms with Crippen molar-refractivity contribution in [3.63, 3.8) is 0 Å². The Morgan fingerprint density at radius 3 is 2.71 bits per heavy atom. The summed E-state index contributed by atoms with van der Waals surface area (Å²) in [6, 6.07) is 0. The Kier molecular flexibility index (Phi) is 2.00. The molecule has 0 aliphatic heterocycles. The first-order valence-electron chi connectivity index (χ1n) is 7.28. The summed E-state index contributed by atoms with van der Waals surface area (Å²) in [4.78, 5) is 11.3. The highest BCUT2D eigenvalue weighted by atomic mass is 16.1. The minimum absolute atomic E-state index is 0.594. The third-order valence-corrected chi connectivity index (χ3v) is 6.10. The lowest BCUT2D eigenvalue weighted by molar-refractivity contribution is 0.189. The number of hydrogen-bond donors (Lipinski definition) is 0. The van der Waals surface area contributed by atoms with Crippen molar-refractivity contribution in [2.45, 2.75) is 32.6 Å². The molecule has 0 amide bonds. The lowest BCUT2D eigenvalue weighted by Gasteiger charge is -2.37. The van der Waals surface area contributed by atoms with Crippen molar-refractivity contribution in [3.8, 4) is 0 Å². The van der Waals surface area contributed by atoms with Gasteiger partial charge in [-0.15, -0.1) is 0 Å². The van der Waals surface area contributed by atoms with Crippen LogP contribution in [-0.2, 0) is 4.79 Å². The Bertz CT molecular complexity index is 429. The third kappa shape index (κ3) is 1.09. The van der Waals surface area contributed by atoms with E-state index in [9.17, 15) is 4.79 Å². The largest absolute Gasteiger partial charge is 0.234 e. The second-order valence-corrected chi connectivity index (χ2v) is 6.56. The Labute approximate surface area is 103 Å². The second-order valence-electron chi connectivity index (χ2n) is 6.56. The first kappa shape index (κ1) is 10.1. The van der Waals surface area contributed by atoms with E-state index in [1.807, 2.05) is 0 Å². The van der Waals surface area contributed by atoms with Gasteiger partial charge < -0.3 is 0 Å². The zero-order chi connectivity index (χ0) is 11.6. The molecule has 7 atom stereocenters. The van der Waals surface area contributed by atoms with Crippen LogP contribution in [0.25, 0.3) is 0 Å². The molecule has 0 aromatic heterocycles. The van der Waals surface area contributed by atoms with Gasteiger partial charge in [-0.25, -0.2) is 4.79 Å². The summed E-state index contributed by atoms with van der Waals surface area (Å²) in [7, 11) is 0. The molecule has 4 bridgehead atoms. The van der Waals surface area contributed by atoms with Crippen LogP contribution in [0.4, 0.5) is 0 Å². The predicted octanol–water partition coefficient (Wildman–Crippen LogP) is 3.25. The van der Waals surface area contributed by atoms with Gasteiger partial charge in [0.15, 0.2) is 0 Å². The van der Waals surface area contributed by atoms with Crippen LogP contribution in [0.15, 0.2) is 17.7 Å². The molecule has 0 aromatic rings. The van der Waals surface area contributed by atoms with E-state index in [1.54, 1.807) is 0 Å². The molecular formula is C16H20O. The molecule has 0 spiro atoms. The molecule has 4 rings (SSSR count). The van der Waals surface area contributed by atoms with Crippen LogP contribution < -0.4 is 0 Å². The highest BCUT2D eigenvalue weighted by molar-refractivity contribution is 5.57. The molecule has 3 fully saturated rings. The van der Waals surface area contributed by atoms with Crippen molar-refractivity contribution < 1.29 is 4.79 Å². The smallest absolute Gasteiger partial charge is 0.124 e. The maximum atomic E-state index is 11.3. The lowest BCUT2D eigenvalue weighted by Crippen LogP contribution is -2.32. The monoisotopic (exact) mass is 228 g/mol. The van der Waals surface area contributed by atoms with Crippen molar-refractivity contribution in [1.82, 2.24) is 0 Å². The quantitative estimate of drug-likeness (QED) is 0.403. The summed E-state index contributed by atoms with van der Waals surface area (Å²) in [6.07, 6.45) is 10.0. The summed E-state index contributed by atoms with van der Waals surface area (Å²) >= 11 is 0. The van der Waals surface area contributed by atoms with Gasteiger partial charge in [-0.2, -0.15) is 0 Å². The van der Waals surface area contributed by atoms with Crippen molar-refractivity contribution in [2.75, 3.05) is 0 Å². The Morgan fingerprint density at radius 1 is 1.24 bits per heavy atom. The van der Waals surface area contributed by atoms with Crippen LogP contribution >= 0.6 is 0 Å². The van der Waals surface area contributed by atoms with E-state index in [0.29, 0.717) is 11.8 Å². The van der Waals surface area contributed by atoms with Crippen LogP contribution in [0.3, 0.4) is 0 Å². The lowest BCUT2D eigenvalue weighted by atomic mass is 9.66.